The van der Waals surface area contributed by atoms with Crippen molar-refractivity contribution in [2.75, 3.05) is 25.4 Å². The van der Waals surface area contributed by atoms with Crippen LogP contribution in [0.15, 0.2) is 67.3 Å². The van der Waals surface area contributed by atoms with Crippen LogP contribution < -0.4 is 16.2 Å². The van der Waals surface area contributed by atoms with Gasteiger partial charge in [-0.25, -0.2) is 4.68 Å². The van der Waals surface area contributed by atoms with E-state index in [9.17, 15) is 0 Å². The number of aromatic nitrogens is 2. The van der Waals surface area contributed by atoms with Gasteiger partial charge in [-0.3, -0.25) is 4.90 Å². The third-order valence-electron chi connectivity index (χ3n) is 5.51. The summed E-state index contributed by atoms with van der Waals surface area (Å²) in [5.74, 6) is 2.05. The average molecular weight is 434 g/mol. The lowest BCUT2D eigenvalue weighted by molar-refractivity contribution is 0.187. The molecule has 6 nitrogen and oxygen atoms in total. The van der Waals surface area contributed by atoms with Crippen molar-refractivity contribution in [3.05, 3.63) is 72.8 Å². The predicted octanol–water partition coefficient (Wildman–Crippen LogP) is 4.38. The van der Waals surface area contributed by atoms with Gasteiger partial charge in [-0.2, -0.15) is 5.10 Å². The number of nitrogens with zero attached hydrogens (tertiary/aromatic N) is 3. The Hall–Kier alpha value is -3.16. The molecule has 0 bridgehead atoms. The Morgan fingerprint density at radius 1 is 1.16 bits per heavy atom. The summed E-state index contributed by atoms with van der Waals surface area (Å²) in [6.07, 6.45) is 4.03. The average Bonchev–Trinajstić information content (AvgIpc) is 3.13. The van der Waals surface area contributed by atoms with E-state index < -0.39 is 0 Å². The van der Waals surface area contributed by atoms with Crippen LogP contribution in [0.5, 0.6) is 11.5 Å². The maximum atomic E-state index is 6.49. The molecule has 0 radical (unpaired) electrons. The molecule has 4 rings (SSSR count). The smallest absolute Gasteiger partial charge is 0.133 e. The molecule has 3 aromatic rings. The van der Waals surface area contributed by atoms with Crippen LogP contribution in [0.1, 0.15) is 24.4 Å². The third-order valence-corrected chi connectivity index (χ3v) is 5.72. The number of anilines is 1. The van der Waals surface area contributed by atoms with E-state index in [4.69, 9.17) is 33.5 Å². The number of rotatable bonds is 7. The number of likely N-dealkylation sites (tertiary alicyclic amines) is 1. The van der Waals surface area contributed by atoms with Gasteiger partial charge in [0.05, 0.1) is 11.6 Å². The molecular formula is C24H27N5OS. The second-order valence-corrected chi connectivity index (χ2v) is 8.14. The topological polar surface area (TPSA) is 82.3 Å². The van der Waals surface area contributed by atoms with Crippen LogP contribution in [0.4, 0.5) is 5.82 Å². The predicted molar refractivity (Wildman–Crippen MR) is 129 cm³/mol. The molecule has 1 atom stereocenters. The molecule has 0 amide bonds. The number of piperidine rings is 1. The van der Waals surface area contributed by atoms with Gasteiger partial charge < -0.3 is 16.2 Å². The molecule has 1 aromatic heterocycles. The van der Waals surface area contributed by atoms with Crippen molar-refractivity contribution in [2.45, 2.75) is 18.9 Å². The van der Waals surface area contributed by atoms with E-state index in [0.717, 1.165) is 49.5 Å². The van der Waals surface area contributed by atoms with E-state index in [1.165, 1.54) is 0 Å². The SMILES string of the molecule is C=CCN1CCCC(n2nc(-c3ccc(Oc4ccccc4)cc3)c(C(N)=S)c2N)C1. The molecule has 0 spiro atoms. The molecule has 0 aliphatic carbocycles. The normalized spacial score (nSPS) is 16.7. The molecule has 2 heterocycles. The summed E-state index contributed by atoms with van der Waals surface area (Å²) in [5.41, 5.74) is 14.8. The van der Waals surface area contributed by atoms with Gasteiger partial charge in [-0.15, -0.1) is 6.58 Å². The van der Waals surface area contributed by atoms with E-state index in [0.29, 0.717) is 17.1 Å². The Labute approximate surface area is 188 Å². The number of nitrogen functional groups attached to an aromatic ring is 1. The minimum atomic E-state index is 0.177. The van der Waals surface area contributed by atoms with Crippen LogP contribution in [0.3, 0.4) is 0 Å². The quantitative estimate of drug-likeness (QED) is 0.425. The van der Waals surface area contributed by atoms with Gasteiger partial charge in [0.2, 0.25) is 0 Å². The second-order valence-electron chi connectivity index (χ2n) is 7.70. The Morgan fingerprint density at radius 3 is 2.55 bits per heavy atom. The van der Waals surface area contributed by atoms with E-state index in [-0.39, 0.29) is 11.0 Å². The molecule has 1 aliphatic heterocycles. The minimum absolute atomic E-state index is 0.177. The Morgan fingerprint density at radius 2 is 1.87 bits per heavy atom. The van der Waals surface area contributed by atoms with Crippen LogP contribution in [-0.2, 0) is 0 Å². The largest absolute Gasteiger partial charge is 0.457 e. The van der Waals surface area contributed by atoms with Gasteiger partial charge in [0.15, 0.2) is 0 Å². The summed E-state index contributed by atoms with van der Waals surface area (Å²) in [7, 11) is 0. The van der Waals surface area contributed by atoms with Crippen LogP contribution in [0.2, 0.25) is 0 Å². The highest BCUT2D eigenvalue weighted by Gasteiger charge is 2.27. The first-order valence-corrected chi connectivity index (χ1v) is 10.8. The lowest BCUT2D eigenvalue weighted by Gasteiger charge is -2.32. The van der Waals surface area contributed by atoms with Crippen molar-refractivity contribution in [3.8, 4) is 22.8 Å². The van der Waals surface area contributed by atoms with Gasteiger partial charge in [0.1, 0.15) is 28.0 Å². The summed E-state index contributed by atoms with van der Waals surface area (Å²) in [6, 6.07) is 17.6. The highest BCUT2D eigenvalue weighted by atomic mass is 32.1. The molecule has 7 heteroatoms. The van der Waals surface area contributed by atoms with Gasteiger partial charge in [-0.05, 0) is 55.8 Å². The molecule has 1 fully saturated rings. The van der Waals surface area contributed by atoms with E-state index in [1.54, 1.807) is 0 Å². The summed E-state index contributed by atoms with van der Waals surface area (Å²) >= 11 is 5.33. The van der Waals surface area contributed by atoms with Crippen molar-refractivity contribution in [1.29, 1.82) is 0 Å². The zero-order valence-corrected chi connectivity index (χ0v) is 18.2. The minimum Gasteiger partial charge on any atom is -0.457 e. The number of para-hydroxylation sites is 1. The van der Waals surface area contributed by atoms with E-state index >= 15 is 0 Å². The number of nitrogens with two attached hydrogens (primary N) is 2. The monoisotopic (exact) mass is 433 g/mol. The Kier molecular flexibility index (Phi) is 6.34. The molecule has 4 N–H and O–H groups in total. The summed E-state index contributed by atoms with van der Waals surface area (Å²) in [4.78, 5) is 2.61. The molecule has 0 saturated carbocycles. The van der Waals surface area contributed by atoms with Crippen molar-refractivity contribution in [2.24, 2.45) is 5.73 Å². The molecule has 160 valence electrons. The Bertz CT molecular complexity index is 1060. The highest BCUT2D eigenvalue weighted by Crippen LogP contribution is 2.33. The second kappa shape index (κ2) is 9.32. The Balaban J connectivity index is 1.62. The third kappa shape index (κ3) is 4.62. The van der Waals surface area contributed by atoms with Crippen LogP contribution >= 0.6 is 12.2 Å². The van der Waals surface area contributed by atoms with E-state index in [1.807, 2.05) is 65.4 Å². The molecular weight excluding hydrogens is 406 g/mol. The van der Waals surface area contributed by atoms with Gasteiger partial charge in [0, 0.05) is 18.7 Å². The fourth-order valence-corrected chi connectivity index (χ4v) is 4.26. The summed E-state index contributed by atoms with van der Waals surface area (Å²) in [6.45, 7) is 6.64. The van der Waals surface area contributed by atoms with Crippen molar-refractivity contribution in [3.63, 3.8) is 0 Å². The molecule has 1 unspecified atom stereocenters. The number of hydrogen-bond acceptors (Lipinski definition) is 5. The van der Waals surface area contributed by atoms with Crippen LogP contribution in [0, 0.1) is 0 Å². The van der Waals surface area contributed by atoms with E-state index in [2.05, 4.69) is 11.5 Å². The van der Waals surface area contributed by atoms with Crippen LogP contribution in [0.25, 0.3) is 11.3 Å². The molecule has 1 saturated heterocycles. The van der Waals surface area contributed by atoms with Crippen molar-refractivity contribution < 1.29 is 4.74 Å². The number of thiocarbonyl (C=S) groups is 1. The lowest BCUT2D eigenvalue weighted by Crippen LogP contribution is -2.37. The first-order chi connectivity index (χ1) is 15.1. The number of benzene rings is 2. The maximum absolute atomic E-state index is 6.49. The molecule has 2 aromatic carbocycles. The first-order valence-electron chi connectivity index (χ1n) is 10.4. The van der Waals surface area contributed by atoms with Crippen molar-refractivity contribution in [1.82, 2.24) is 14.7 Å². The van der Waals surface area contributed by atoms with Crippen LogP contribution in [-0.4, -0.2) is 39.3 Å². The van der Waals surface area contributed by atoms with Gasteiger partial charge in [-0.1, -0.05) is 36.5 Å². The fraction of sp³-hybridized carbons (Fsp3) is 0.250. The lowest BCUT2D eigenvalue weighted by atomic mass is 10.1. The summed E-state index contributed by atoms with van der Waals surface area (Å²) < 4.78 is 7.79. The standard InChI is InChI=1S/C24H27N5OS/c1-2-14-28-15-6-7-18(16-28)29-23(25)21(24(26)31)22(27-29)17-10-12-20(13-11-17)30-19-8-4-3-5-9-19/h2-5,8-13,18H,1,6-7,14-16,25H2,(H2,26,31). The highest BCUT2D eigenvalue weighted by molar-refractivity contribution is 7.80. The first kappa shape index (κ1) is 21.1. The zero-order valence-electron chi connectivity index (χ0n) is 17.4. The molecule has 31 heavy (non-hydrogen) atoms. The fourth-order valence-electron chi connectivity index (χ4n) is 4.06. The number of ether oxygens (including phenoxy) is 1. The summed E-state index contributed by atoms with van der Waals surface area (Å²) in [5, 5.41) is 4.86. The van der Waals surface area contributed by atoms with Gasteiger partial charge in [0.25, 0.3) is 0 Å². The maximum Gasteiger partial charge on any atom is 0.133 e. The van der Waals surface area contributed by atoms with Crippen molar-refractivity contribution >= 4 is 23.0 Å². The zero-order chi connectivity index (χ0) is 21.8. The number of hydrogen-bond donors (Lipinski definition) is 2. The molecule has 1 aliphatic rings. The van der Waals surface area contributed by atoms with Gasteiger partial charge >= 0.3 is 0 Å².